The van der Waals surface area contributed by atoms with Gasteiger partial charge < -0.3 is 9.84 Å². The molecule has 0 amide bonds. The highest BCUT2D eigenvalue weighted by molar-refractivity contribution is 5.68. The molecule has 0 unspecified atom stereocenters. The maximum absolute atomic E-state index is 9.91. The second-order valence-corrected chi connectivity index (χ2v) is 1.47. The lowest BCUT2D eigenvalue weighted by Gasteiger charge is -1.93. The summed E-state index contributed by atoms with van der Waals surface area (Å²) in [5.74, 6) is -1.04. The smallest absolute Gasteiger partial charge is 0.341 e. The first-order valence-corrected chi connectivity index (χ1v) is 2.49. The Morgan fingerprint density at radius 1 is 1.90 bits per heavy atom. The van der Waals surface area contributed by atoms with E-state index in [1.165, 1.54) is 6.33 Å². The summed E-state index contributed by atoms with van der Waals surface area (Å²) in [6.45, 7) is -0.408. The van der Waals surface area contributed by atoms with Gasteiger partial charge in [-0.05, 0) is 0 Å². The normalized spacial score (nSPS) is 9.20. The lowest BCUT2D eigenvalue weighted by atomic mass is 10.7. The van der Waals surface area contributed by atoms with Gasteiger partial charge in [-0.3, -0.25) is 0 Å². The number of carboxylic acids is 1. The van der Waals surface area contributed by atoms with Crippen LogP contribution in [-0.2, 0) is 4.79 Å². The van der Waals surface area contributed by atoms with Crippen molar-refractivity contribution in [1.29, 1.82) is 0 Å². The molecule has 0 aliphatic rings. The van der Waals surface area contributed by atoms with E-state index in [1.54, 1.807) is 0 Å². The van der Waals surface area contributed by atoms with E-state index >= 15 is 0 Å². The number of carboxylic acid groups (broad SMARTS) is 1. The molecular weight excluding hydrogens is 138 g/mol. The fourth-order valence-corrected chi connectivity index (χ4v) is 0.394. The molecule has 6 nitrogen and oxygen atoms in total. The number of rotatable bonds is 3. The third-order valence-corrected chi connectivity index (χ3v) is 0.725. The van der Waals surface area contributed by atoms with Crippen molar-refractivity contribution >= 4 is 5.97 Å². The van der Waals surface area contributed by atoms with Crippen molar-refractivity contribution in [2.24, 2.45) is 0 Å². The van der Waals surface area contributed by atoms with Gasteiger partial charge in [0.2, 0.25) is 0 Å². The van der Waals surface area contributed by atoms with Crippen molar-refractivity contribution in [3.8, 4) is 6.01 Å². The zero-order valence-corrected chi connectivity index (χ0v) is 4.94. The van der Waals surface area contributed by atoms with E-state index in [9.17, 15) is 4.79 Å². The van der Waals surface area contributed by atoms with E-state index in [0.717, 1.165) is 0 Å². The number of ether oxygens (including phenoxy) is 1. The van der Waals surface area contributed by atoms with Crippen LogP contribution < -0.4 is 4.74 Å². The number of nitrogens with zero attached hydrogens (tertiary/aromatic N) is 2. The molecule has 6 heteroatoms. The molecule has 0 bridgehead atoms. The van der Waals surface area contributed by atoms with Crippen LogP contribution >= 0.6 is 0 Å². The van der Waals surface area contributed by atoms with E-state index in [-0.39, 0.29) is 6.01 Å². The minimum absolute atomic E-state index is 0.113. The van der Waals surface area contributed by atoms with Gasteiger partial charge >= 0.3 is 12.0 Å². The Balaban J connectivity index is 2.35. The Morgan fingerprint density at radius 3 is 3.20 bits per heavy atom. The zero-order valence-electron chi connectivity index (χ0n) is 4.94. The van der Waals surface area contributed by atoms with Crippen LogP contribution in [0, 0.1) is 0 Å². The first-order chi connectivity index (χ1) is 4.79. The van der Waals surface area contributed by atoms with E-state index in [1.807, 2.05) is 0 Å². The van der Waals surface area contributed by atoms with Crippen LogP contribution in [0.25, 0.3) is 0 Å². The number of hydrogen-bond acceptors (Lipinski definition) is 4. The van der Waals surface area contributed by atoms with Crippen LogP contribution in [0.5, 0.6) is 6.01 Å². The number of aromatic amines is 1. The fraction of sp³-hybridized carbons (Fsp3) is 0.250. The molecule has 54 valence electrons. The van der Waals surface area contributed by atoms with Gasteiger partial charge in [0.05, 0.1) is 0 Å². The van der Waals surface area contributed by atoms with Crippen molar-refractivity contribution < 1.29 is 14.6 Å². The summed E-state index contributed by atoms with van der Waals surface area (Å²) in [4.78, 5) is 13.4. The molecule has 0 aliphatic carbocycles. The SMILES string of the molecule is O=C(O)COc1ncn[nH]1. The molecule has 0 radical (unpaired) electrons. The number of hydrogen-bond donors (Lipinski definition) is 2. The minimum Gasteiger partial charge on any atom is -0.479 e. The van der Waals surface area contributed by atoms with Gasteiger partial charge in [0.1, 0.15) is 6.33 Å². The highest BCUT2D eigenvalue weighted by Gasteiger charge is 1.99. The zero-order chi connectivity index (χ0) is 7.40. The molecule has 2 N–H and O–H groups in total. The van der Waals surface area contributed by atoms with Crippen LogP contribution in [0.1, 0.15) is 0 Å². The largest absolute Gasteiger partial charge is 0.479 e. The van der Waals surface area contributed by atoms with Crippen molar-refractivity contribution in [1.82, 2.24) is 15.2 Å². The van der Waals surface area contributed by atoms with Crippen molar-refractivity contribution in [3.63, 3.8) is 0 Å². The highest BCUT2D eigenvalue weighted by atomic mass is 16.5. The van der Waals surface area contributed by atoms with Crippen LogP contribution in [0.15, 0.2) is 6.33 Å². The van der Waals surface area contributed by atoms with Crippen LogP contribution in [-0.4, -0.2) is 32.9 Å². The highest BCUT2D eigenvalue weighted by Crippen LogP contribution is 1.94. The third kappa shape index (κ3) is 1.73. The summed E-state index contributed by atoms with van der Waals surface area (Å²) < 4.78 is 4.58. The molecule has 1 aromatic rings. The van der Waals surface area contributed by atoms with Crippen molar-refractivity contribution in [3.05, 3.63) is 6.33 Å². The lowest BCUT2D eigenvalue weighted by molar-refractivity contribution is -0.139. The van der Waals surface area contributed by atoms with Gasteiger partial charge in [0, 0.05) is 0 Å². The number of carbonyl (C=O) groups is 1. The van der Waals surface area contributed by atoms with Crippen molar-refractivity contribution in [2.45, 2.75) is 0 Å². The van der Waals surface area contributed by atoms with Gasteiger partial charge in [-0.25, -0.2) is 9.89 Å². The summed E-state index contributed by atoms with van der Waals surface area (Å²) in [5.41, 5.74) is 0. The number of aromatic nitrogens is 3. The topological polar surface area (TPSA) is 88.1 Å². The average molecular weight is 143 g/mol. The molecule has 1 aromatic heterocycles. The van der Waals surface area contributed by atoms with Gasteiger partial charge in [0.25, 0.3) is 0 Å². The van der Waals surface area contributed by atoms with E-state index in [0.29, 0.717) is 0 Å². The molecule has 10 heavy (non-hydrogen) atoms. The summed E-state index contributed by atoms with van der Waals surface area (Å²) >= 11 is 0. The van der Waals surface area contributed by atoms with E-state index in [2.05, 4.69) is 19.9 Å². The summed E-state index contributed by atoms with van der Waals surface area (Å²) in [5, 5.41) is 13.9. The Bertz CT molecular complexity index is 208. The van der Waals surface area contributed by atoms with Crippen LogP contribution in [0.4, 0.5) is 0 Å². The molecule has 0 aliphatic heterocycles. The molecule has 1 rings (SSSR count). The summed E-state index contributed by atoms with van der Waals surface area (Å²) in [6, 6.07) is 0.113. The predicted molar refractivity (Wildman–Crippen MR) is 29.5 cm³/mol. The van der Waals surface area contributed by atoms with Gasteiger partial charge in [-0.2, -0.15) is 10.1 Å². The second kappa shape index (κ2) is 2.81. The first-order valence-electron chi connectivity index (χ1n) is 2.49. The van der Waals surface area contributed by atoms with E-state index < -0.39 is 12.6 Å². The number of aliphatic carboxylic acids is 1. The maximum Gasteiger partial charge on any atom is 0.341 e. The Morgan fingerprint density at radius 2 is 2.70 bits per heavy atom. The third-order valence-electron chi connectivity index (χ3n) is 0.725. The predicted octanol–water partition coefficient (Wildman–Crippen LogP) is -0.732. The maximum atomic E-state index is 9.91. The Hall–Kier alpha value is -1.59. The molecule has 0 fully saturated rings. The molecule has 0 saturated carbocycles. The second-order valence-electron chi connectivity index (χ2n) is 1.47. The first kappa shape index (κ1) is 6.53. The van der Waals surface area contributed by atoms with Gasteiger partial charge in [-0.1, -0.05) is 0 Å². The Kier molecular flexibility index (Phi) is 1.83. The lowest BCUT2D eigenvalue weighted by Crippen LogP contribution is -2.10. The summed E-state index contributed by atoms with van der Waals surface area (Å²) in [6.07, 6.45) is 1.23. The molecule has 0 atom stereocenters. The minimum atomic E-state index is -1.04. The summed E-state index contributed by atoms with van der Waals surface area (Å²) in [7, 11) is 0. The van der Waals surface area contributed by atoms with E-state index in [4.69, 9.17) is 5.11 Å². The molecule has 1 heterocycles. The molecular formula is C4H5N3O3. The standard InChI is InChI=1S/C4H5N3O3/c8-3(9)1-10-4-5-2-6-7-4/h2H,1H2,(H,8,9)(H,5,6,7). The molecule has 0 aromatic carbocycles. The molecule has 0 spiro atoms. The van der Waals surface area contributed by atoms with Gasteiger partial charge in [-0.15, -0.1) is 0 Å². The molecule has 0 saturated heterocycles. The van der Waals surface area contributed by atoms with Gasteiger partial charge in [0.15, 0.2) is 6.61 Å². The number of H-pyrrole nitrogens is 1. The number of nitrogens with one attached hydrogen (secondary N) is 1. The average Bonchev–Trinajstić information content (AvgIpc) is 2.34. The van der Waals surface area contributed by atoms with Crippen molar-refractivity contribution in [2.75, 3.05) is 6.61 Å². The van der Waals surface area contributed by atoms with Crippen LogP contribution in [0.2, 0.25) is 0 Å². The monoisotopic (exact) mass is 143 g/mol. The van der Waals surface area contributed by atoms with Crippen LogP contribution in [0.3, 0.4) is 0 Å². The fourth-order valence-electron chi connectivity index (χ4n) is 0.394. The Labute approximate surface area is 55.8 Å². The quantitative estimate of drug-likeness (QED) is 0.582.